The number of hydrogen-bond acceptors (Lipinski definition) is 4. The molecule has 0 spiro atoms. The van der Waals surface area contributed by atoms with Gasteiger partial charge < -0.3 is 15.7 Å². The lowest BCUT2D eigenvalue weighted by atomic mass is 10.1. The molecule has 0 aromatic heterocycles. The van der Waals surface area contributed by atoms with Crippen LogP contribution in [0.3, 0.4) is 0 Å². The molecule has 6 heteroatoms. The van der Waals surface area contributed by atoms with Crippen molar-refractivity contribution in [3.63, 3.8) is 0 Å². The first-order valence-electron chi connectivity index (χ1n) is 5.45. The van der Waals surface area contributed by atoms with Gasteiger partial charge in [0.1, 0.15) is 6.04 Å². The highest BCUT2D eigenvalue weighted by molar-refractivity contribution is 8.00. The predicted molar refractivity (Wildman–Crippen MR) is 63.1 cm³/mol. The number of carboxylic acid groups (broad SMARTS) is 1. The van der Waals surface area contributed by atoms with E-state index >= 15 is 0 Å². The number of carboxylic acids is 1. The Morgan fingerprint density at radius 2 is 2.19 bits per heavy atom. The fourth-order valence-corrected chi connectivity index (χ4v) is 3.08. The molecule has 1 fully saturated rings. The summed E-state index contributed by atoms with van der Waals surface area (Å²) < 4.78 is 0. The number of carbonyl (C=O) groups is 2. The number of amides is 1. The number of nitrogens with two attached hydrogens (primary N) is 1. The molecule has 0 radical (unpaired) electrons. The second-order valence-electron chi connectivity index (χ2n) is 3.81. The van der Waals surface area contributed by atoms with Crippen molar-refractivity contribution in [3.05, 3.63) is 0 Å². The van der Waals surface area contributed by atoms with Crippen LogP contribution < -0.4 is 5.73 Å². The Labute approximate surface area is 99.4 Å². The molecule has 1 aliphatic heterocycles. The first kappa shape index (κ1) is 13.3. The summed E-state index contributed by atoms with van der Waals surface area (Å²) in [4.78, 5) is 24.5. The van der Waals surface area contributed by atoms with Crippen molar-refractivity contribution >= 4 is 23.6 Å². The van der Waals surface area contributed by atoms with Crippen molar-refractivity contribution in [1.29, 1.82) is 0 Å². The molecular weight excluding hydrogens is 228 g/mol. The van der Waals surface area contributed by atoms with E-state index in [4.69, 9.17) is 10.8 Å². The fourth-order valence-electron chi connectivity index (χ4n) is 1.73. The Morgan fingerprint density at radius 1 is 1.56 bits per heavy atom. The smallest absolute Gasteiger partial charge is 0.327 e. The lowest BCUT2D eigenvalue weighted by molar-refractivity contribution is -0.149. The first-order chi connectivity index (χ1) is 7.52. The molecule has 3 atom stereocenters. The third-order valence-corrected chi connectivity index (χ3v) is 4.19. The normalized spacial score (nSPS) is 26.8. The van der Waals surface area contributed by atoms with E-state index in [1.165, 1.54) is 16.7 Å². The van der Waals surface area contributed by atoms with Crippen LogP contribution in [0.25, 0.3) is 0 Å². The number of rotatable bonds is 4. The summed E-state index contributed by atoms with van der Waals surface area (Å²) >= 11 is 1.51. The van der Waals surface area contributed by atoms with Crippen LogP contribution in [0.5, 0.6) is 0 Å². The summed E-state index contributed by atoms with van der Waals surface area (Å²) in [5.41, 5.74) is 5.68. The van der Waals surface area contributed by atoms with Gasteiger partial charge in [0.05, 0.1) is 11.4 Å². The van der Waals surface area contributed by atoms with E-state index in [-0.39, 0.29) is 11.3 Å². The minimum Gasteiger partial charge on any atom is -0.480 e. The predicted octanol–water partition coefficient (Wildman–Crippen LogP) is 0.488. The van der Waals surface area contributed by atoms with Crippen molar-refractivity contribution in [2.24, 2.45) is 5.73 Å². The van der Waals surface area contributed by atoms with Crippen LogP contribution in [-0.2, 0) is 9.59 Å². The van der Waals surface area contributed by atoms with Crippen LogP contribution >= 0.6 is 11.8 Å². The van der Waals surface area contributed by atoms with E-state index in [1.807, 2.05) is 13.8 Å². The topological polar surface area (TPSA) is 83.6 Å². The second-order valence-corrected chi connectivity index (χ2v) is 5.02. The summed E-state index contributed by atoms with van der Waals surface area (Å²) in [5, 5.41) is 9.00. The van der Waals surface area contributed by atoms with Crippen molar-refractivity contribution in [2.75, 3.05) is 5.75 Å². The van der Waals surface area contributed by atoms with Gasteiger partial charge in [0.2, 0.25) is 5.91 Å². The van der Waals surface area contributed by atoms with Gasteiger partial charge in [-0.15, -0.1) is 11.8 Å². The van der Waals surface area contributed by atoms with Gasteiger partial charge in [0.25, 0.3) is 0 Å². The summed E-state index contributed by atoms with van der Waals surface area (Å²) in [6.07, 6.45) is 1.28. The SMILES string of the molecule is CCC(N)C(=O)N1C(CC)SCC1C(=O)O. The summed E-state index contributed by atoms with van der Waals surface area (Å²) in [7, 11) is 0. The van der Waals surface area contributed by atoms with E-state index in [0.717, 1.165) is 6.42 Å². The lowest BCUT2D eigenvalue weighted by Gasteiger charge is -2.28. The van der Waals surface area contributed by atoms with Crippen LogP contribution in [-0.4, -0.2) is 45.1 Å². The number of thioether (sulfide) groups is 1. The fraction of sp³-hybridized carbons (Fsp3) is 0.800. The van der Waals surface area contributed by atoms with Crippen molar-refractivity contribution in [1.82, 2.24) is 4.90 Å². The zero-order valence-electron chi connectivity index (χ0n) is 9.55. The second kappa shape index (κ2) is 5.54. The molecule has 0 aliphatic carbocycles. The van der Waals surface area contributed by atoms with Gasteiger partial charge in [0, 0.05) is 5.75 Å². The highest BCUT2D eigenvalue weighted by Crippen LogP contribution is 2.31. The van der Waals surface area contributed by atoms with Crippen LogP contribution in [0.4, 0.5) is 0 Å². The Kier molecular flexibility index (Phi) is 4.61. The van der Waals surface area contributed by atoms with E-state index in [2.05, 4.69) is 0 Å². The standard InChI is InChI=1S/C10H18N2O3S/c1-3-6(11)9(13)12-7(10(14)15)5-16-8(12)4-2/h6-8H,3-5,11H2,1-2H3,(H,14,15). The van der Waals surface area contributed by atoms with Crippen LogP contribution in [0.1, 0.15) is 26.7 Å². The van der Waals surface area contributed by atoms with Gasteiger partial charge in [-0.25, -0.2) is 4.79 Å². The van der Waals surface area contributed by atoms with Gasteiger partial charge in [-0.3, -0.25) is 4.79 Å². The molecule has 1 aliphatic rings. The van der Waals surface area contributed by atoms with Crippen LogP contribution in [0.2, 0.25) is 0 Å². The third kappa shape index (κ3) is 2.49. The molecule has 16 heavy (non-hydrogen) atoms. The first-order valence-corrected chi connectivity index (χ1v) is 6.49. The average molecular weight is 246 g/mol. The molecule has 3 N–H and O–H groups in total. The van der Waals surface area contributed by atoms with Crippen LogP contribution in [0.15, 0.2) is 0 Å². The minimum atomic E-state index is -0.944. The summed E-state index contributed by atoms with van der Waals surface area (Å²) in [6.45, 7) is 3.77. The van der Waals surface area contributed by atoms with Gasteiger partial charge in [0.15, 0.2) is 0 Å². The Hall–Kier alpha value is -0.750. The molecule has 92 valence electrons. The Balaban J connectivity index is 2.85. The summed E-state index contributed by atoms with van der Waals surface area (Å²) in [5.74, 6) is -0.734. The molecule has 0 aromatic carbocycles. The van der Waals surface area contributed by atoms with Crippen molar-refractivity contribution in [3.8, 4) is 0 Å². The van der Waals surface area contributed by atoms with Crippen LogP contribution in [0, 0.1) is 0 Å². The maximum absolute atomic E-state index is 12.0. The number of carbonyl (C=O) groups excluding carboxylic acids is 1. The van der Waals surface area contributed by atoms with E-state index in [1.54, 1.807) is 0 Å². The monoisotopic (exact) mass is 246 g/mol. The molecule has 1 saturated heterocycles. The Morgan fingerprint density at radius 3 is 2.62 bits per heavy atom. The maximum atomic E-state index is 12.0. The van der Waals surface area contributed by atoms with E-state index < -0.39 is 18.1 Å². The van der Waals surface area contributed by atoms with Gasteiger partial charge in [-0.1, -0.05) is 13.8 Å². The van der Waals surface area contributed by atoms with E-state index in [0.29, 0.717) is 12.2 Å². The van der Waals surface area contributed by atoms with Gasteiger partial charge in [-0.2, -0.15) is 0 Å². The largest absolute Gasteiger partial charge is 0.480 e. The third-order valence-electron chi connectivity index (χ3n) is 2.74. The molecule has 5 nitrogen and oxygen atoms in total. The minimum absolute atomic E-state index is 0.0498. The summed E-state index contributed by atoms with van der Waals surface area (Å²) in [6, 6.07) is -1.31. The number of nitrogens with zero attached hydrogens (tertiary/aromatic N) is 1. The lowest BCUT2D eigenvalue weighted by Crippen LogP contribution is -2.51. The number of aliphatic carboxylic acids is 1. The molecule has 1 heterocycles. The van der Waals surface area contributed by atoms with Crippen molar-refractivity contribution in [2.45, 2.75) is 44.1 Å². The highest BCUT2D eigenvalue weighted by atomic mass is 32.2. The van der Waals surface area contributed by atoms with Crippen molar-refractivity contribution < 1.29 is 14.7 Å². The zero-order chi connectivity index (χ0) is 12.3. The molecule has 0 aromatic rings. The molecule has 1 rings (SSSR count). The quantitative estimate of drug-likeness (QED) is 0.754. The molecule has 0 bridgehead atoms. The van der Waals surface area contributed by atoms with E-state index in [9.17, 15) is 9.59 Å². The maximum Gasteiger partial charge on any atom is 0.327 e. The average Bonchev–Trinajstić information content (AvgIpc) is 2.70. The highest BCUT2D eigenvalue weighted by Gasteiger charge is 2.41. The van der Waals surface area contributed by atoms with Gasteiger partial charge >= 0.3 is 5.97 Å². The molecule has 1 amide bonds. The Bertz CT molecular complexity index is 285. The number of hydrogen-bond donors (Lipinski definition) is 2. The molecule has 3 unspecified atom stereocenters. The molecule has 0 saturated carbocycles. The molecular formula is C10H18N2O3S. The zero-order valence-corrected chi connectivity index (χ0v) is 10.4. The van der Waals surface area contributed by atoms with Gasteiger partial charge in [-0.05, 0) is 12.8 Å².